The largest absolute Gasteiger partial charge is 0.497 e. The lowest BCUT2D eigenvalue weighted by Crippen LogP contribution is -2.36. The number of hydrogen-bond donors (Lipinski definition) is 2. The van der Waals surface area contributed by atoms with Gasteiger partial charge in [0, 0.05) is 13.5 Å². The molecule has 5 nitrogen and oxygen atoms in total. The summed E-state index contributed by atoms with van der Waals surface area (Å²) in [5.74, 6) is 0.406. The summed E-state index contributed by atoms with van der Waals surface area (Å²) < 4.78 is 5.11. The van der Waals surface area contributed by atoms with Crippen LogP contribution in [0.2, 0.25) is 0 Å². The quantitative estimate of drug-likeness (QED) is 0.772. The fraction of sp³-hybridized carbons (Fsp3) is 0.385. The van der Waals surface area contributed by atoms with Gasteiger partial charge in [-0.2, -0.15) is 0 Å². The summed E-state index contributed by atoms with van der Waals surface area (Å²) in [5, 5.41) is 5.17. The Morgan fingerprint density at radius 3 is 2.72 bits per heavy atom. The normalized spacial score (nSPS) is 9.67. The molecule has 2 N–H and O–H groups in total. The third-order valence-electron chi connectivity index (χ3n) is 2.37. The summed E-state index contributed by atoms with van der Waals surface area (Å²) in [6.45, 7) is 1.93. The van der Waals surface area contributed by atoms with Gasteiger partial charge in [0.2, 0.25) is 11.8 Å². The molecule has 0 aliphatic rings. The fourth-order valence-electron chi connectivity index (χ4n) is 1.44. The maximum absolute atomic E-state index is 11.3. The standard InChI is InChI=1S/C13H18N2O3/c1-10(16)15-9-13(17)14-7-6-11-4-3-5-12(8-11)18-2/h3-5,8H,6-7,9H2,1-2H3,(H,14,17)(H,15,16). The number of carbonyl (C=O) groups is 2. The number of carbonyl (C=O) groups excluding carboxylic acids is 2. The molecule has 2 amide bonds. The Kier molecular flexibility index (Phi) is 5.70. The molecule has 0 spiro atoms. The van der Waals surface area contributed by atoms with Crippen LogP contribution in [0.3, 0.4) is 0 Å². The van der Waals surface area contributed by atoms with E-state index in [1.54, 1.807) is 7.11 Å². The molecular weight excluding hydrogens is 232 g/mol. The highest BCUT2D eigenvalue weighted by molar-refractivity contribution is 5.83. The van der Waals surface area contributed by atoms with Crippen molar-refractivity contribution in [3.63, 3.8) is 0 Å². The molecule has 1 aromatic rings. The maximum atomic E-state index is 11.3. The Labute approximate surface area is 107 Å². The zero-order chi connectivity index (χ0) is 13.4. The minimum atomic E-state index is -0.210. The first-order valence-electron chi connectivity index (χ1n) is 5.76. The molecule has 98 valence electrons. The summed E-state index contributed by atoms with van der Waals surface area (Å²) >= 11 is 0. The third-order valence-corrected chi connectivity index (χ3v) is 2.37. The van der Waals surface area contributed by atoms with E-state index in [4.69, 9.17) is 4.74 Å². The Bertz CT molecular complexity index is 418. The molecule has 0 bridgehead atoms. The van der Waals surface area contributed by atoms with Crippen molar-refractivity contribution in [1.82, 2.24) is 10.6 Å². The van der Waals surface area contributed by atoms with Gasteiger partial charge in [-0.1, -0.05) is 12.1 Å². The van der Waals surface area contributed by atoms with Crippen LogP contribution < -0.4 is 15.4 Å². The van der Waals surface area contributed by atoms with Crippen molar-refractivity contribution in [2.45, 2.75) is 13.3 Å². The van der Waals surface area contributed by atoms with Gasteiger partial charge in [-0.25, -0.2) is 0 Å². The van der Waals surface area contributed by atoms with E-state index in [0.717, 1.165) is 17.7 Å². The number of nitrogens with one attached hydrogen (secondary N) is 2. The highest BCUT2D eigenvalue weighted by Gasteiger charge is 2.01. The summed E-state index contributed by atoms with van der Waals surface area (Å²) in [6, 6.07) is 7.69. The van der Waals surface area contributed by atoms with Gasteiger partial charge < -0.3 is 15.4 Å². The van der Waals surface area contributed by atoms with E-state index in [-0.39, 0.29) is 18.4 Å². The predicted molar refractivity (Wildman–Crippen MR) is 68.4 cm³/mol. The molecule has 0 saturated heterocycles. The second-order valence-corrected chi connectivity index (χ2v) is 3.86. The van der Waals surface area contributed by atoms with E-state index in [2.05, 4.69) is 10.6 Å². The van der Waals surface area contributed by atoms with E-state index in [1.165, 1.54) is 6.92 Å². The van der Waals surface area contributed by atoms with Crippen LogP contribution in [-0.2, 0) is 16.0 Å². The number of hydrogen-bond acceptors (Lipinski definition) is 3. The van der Waals surface area contributed by atoms with Crippen LogP contribution in [0.5, 0.6) is 5.75 Å². The topological polar surface area (TPSA) is 67.4 Å². The molecule has 1 rings (SSSR count). The van der Waals surface area contributed by atoms with Crippen molar-refractivity contribution < 1.29 is 14.3 Å². The van der Waals surface area contributed by atoms with E-state index in [0.29, 0.717) is 6.54 Å². The highest BCUT2D eigenvalue weighted by Crippen LogP contribution is 2.12. The minimum Gasteiger partial charge on any atom is -0.497 e. The van der Waals surface area contributed by atoms with Crippen molar-refractivity contribution in [2.24, 2.45) is 0 Å². The average molecular weight is 250 g/mol. The molecule has 5 heteroatoms. The van der Waals surface area contributed by atoms with Gasteiger partial charge >= 0.3 is 0 Å². The molecule has 1 aromatic carbocycles. The summed E-state index contributed by atoms with van der Waals surface area (Å²) in [4.78, 5) is 21.9. The predicted octanol–water partition coefficient (Wildman–Crippen LogP) is 0.490. The Morgan fingerprint density at radius 1 is 1.28 bits per heavy atom. The zero-order valence-corrected chi connectivity index (χ0v) is 10.7. The molecule has 18 heavy (non-hydrogen) atoms. The van der Waals surface area contributed by atoms with Crippen molar-refractivity contribution >= 4 is 11.8 Å². The van der Waals surface area contributed by atoms with Crippen LogP contribution in [0.4, 0.5) is 0 Å². The van der Waals surface area contributed by atoms with Crippen LogP contribution in [0.25, 0.3) is 0 Å². The molecule has 0 saturated carbocycles. The maximum Gasteiger partial charge on any atom is 0.239 e. The molecule has 0 unspecified atom stereocenters. The average Bonchev–Trinajstić information content (AvgIpc) is 2.36. The van der Waals surface area contributed by atoms with Gasteiger partial charge in [0.1, 0.15) is 5.75 Å². The molecule has 0 aromatic heterocycles. The van der Waals surface area contributed by atoms with Crippen molar-refractivity contribution in [1.29, 1.82) is 0 Å². The number of amides is 2. The van der Waals surface area contributed by atoms with Crippen molar-refractivity contribution in [2.75, 3.05) is 20.2 Å². The number of rotatable bonds is 6. The van der Waals surface area contributed by atoms with E-state index >= 15 is 0 Å². The van der Waals surface area contributed by atoms with Gasteiger partial charge in [0.15, 0.2) is 0 Å². The number of methoxy groups -OCH3 is 1. The lowest BCUT2D eigenvalue weighted by Gasteiger charge is -2.07. The summed E-state index contributed by atoms with van der Waals surface area (Å²) in [6.07, 6.45) is 0.725. The lowest BCUT2D eigenvalue weighted by molar-refractivity contribution is -0.125. The summed E-state index contributed by atoms with van der Waals surface area (Å²) in [5.41, 5.74) is 1.09. The highest BCUT2D eigenvalue weighted by atomic mass is 16.5. The summed E-state index contributed by atoms with van der Waals surface area (Å²) in [7, 11) is 1.62. The molecule has 0 aliphatic heterocycles. The second-order valence-electron chi connectivity index (χ2n) is 3.86. The molecule has 0 radical (unpaired) electrons. The zero-order valence-electron chi connectivity index (χ0n) is 10.7. The molecule has 0 heterocycles. The van der Waals surface area contributed by atoms with Gasteiger partial charge in [-0.3, -0.25) is 9.59 Å². The monoisotopic (exact) mass is 250 g/mol. The van der Waals surface area contributed by atoms with Gasteiger partial charge in [-0.05, 0) is 24.1 Å². The SMILES string of the molecule is COc1cccc(CCNC(=O)CNC(C)=O)c1. The van der Waals surface area contributed by atoms with E-state index in [9.17, 15) is 9.59 Å². The fourth-order valence-corrected chi connectivity index (χ4v) is 1.44. The van der Waals surface area contributed by atoms with Crippen molar-refractivity contribution in [3.8, 4) is 5.75 Å². The van der Waals surface area contributed by atoms with Crippen LogP contribution in [0, 0.1) is 0 Å². The van der Waals surface area contributed by atoms with E-state index in [1.807, 2.05) is 24.3 Å². The first kappa shape index (κ1) is 14.0. The Hall–Kier alpha value is -2.04. The van der Waals surface area contributed by atoms with Crippen LogP contribution in [0.15, 0.2) is 24.3 Å². The van der Waals surface area contributed by atoms with Crippen molar-refractivity contribution in [3.05, 3.63) is 29.8 Å². The minimum absolute atomic E-state index is 0.0213. The van der Waals surface area contributed by atoms with Gasteiger partial charge in [0.05, 0.1) is 13.7 Å². The first-order valence-corrected chi connectivity index (χ1v) is 5.76. The molecule has 0 fully saturated rings. The van der Waals surface area contributed by atoms with Gasteiger partial charge in [0.25, 0.3) is 0 Å². The number of ether oxygens (including phenoxy) is 1. The van der Waals surface area contributed by atoms with Crippen LogP contribution in [-0.4, -0.2) is 32.0 Å². The molecular formula is C13H18N2O3. The molecule has 0 atom stereocenters. The second kappa shape index (κ2) is 7.32. The van der Waals surface area contributed by atoms with E-state index < -0.39 is 0 Å². The Balaban J connectivity index is 2.28. The number of benzene rings is 1. The molecule has 0 aliphatic carbocycles. The third kappa shape index (κ3) is 5.34. The first-order chi connectivity index (χ1) is 8.61. The Morgan fingerprint density at radius 2 is 2.06 bits per heavy atom. The van der Waals surface area contributed by atoms with Gasteiger partial charge in [-0.15, -0.1) is 0 Å². The van der Waals surface area contributed by atoms with Crippen LogP contribution in [0.1, 0.15) is 12.5 Å². The smallest absolute Gasteiger partial charge is 0.239 e. The van der Waals surface area contributed by atoms with Crippen LogP contribution >= 0.6 is 0 Å². The lowest BCUT2D eigenvalue weighted by atomic mass is 10.1.